The Labute approximate surface area is 148 Å². The molecule has 9 heteroatoms. The number of aliphatic hydroxyl groups is 1. The van der Waals surface area contributed by atoms with Crippen LogP contribution in [0.15, 0.2) is 41.3 Å². The second-order valence-corrected chi connectivity index (χ2v) is 7.31. The lowest BCUT2D eigenvalue weighted by Crippen LogP contribution is -2.14. The van der Waals surface area contributed by atoms with Gasteiger partial charge in [-0.05, 0) is 36.2 Å². The quantitative estimate of drug-likeness (QED) is 0.704. The van der Waals surface area contributed by atoms with Crippen molar-refractivity contribution in [2.24, 2.45) is 0 Å². The van der Waals surface area contributed by atoms with Crippen LogP contribution >= 0.6 is 23.2 Å². The Morgan fingerprint density at radius 2 is 1.71 bits per heavy atom. The van der Waals surface area contributed by atoms with Crippen molar-refractivity contribution >= 4 is 44.9 Å². The molecule has 2 aromatic rings. The SMILES string of the molecule is O=C(O)c1cc(S(=O)(=O)Nc2ccc(CCO)cc2)c(Cl)cc1Cl. The molecule has 2 rings (SSSR count). The Hall–Kier alpha value is -1.80. The van der Waals surface area contributed by atoms with Crippen LogP contribution in [-0.4, -0.2) is 31.2 Å². The third kappa shape index (κ3) is 4.18. The number of anilines is 1. The number of nitrogens with one attached hydrogen (secondary N) is 1. The van der Waals surface area contributed by atoms with Crippen LogP contribution in [0.25, 0.3) is 0 Å². The molecule has 0 atom stereocenters. The molecule has 0 aliphatic heterocycles. The third-order valence-electron chi connectivity index (χ3n) is 3.15. The number of sulfonamides is 1. The molecule has 0 spiro atoms. The van der Waals surface area contributed by atoms with E-state index in [0.29, 0.717) is 6.42 Å². The summed E-state index contributed by atoms with van der Waals surface area (Å²) in [7, 11) is -4.10. The van der Waals surface area contributed by atoms with Gasteiger partial charge in [-0.1, -0.05) is 35.3 Å². The van der Waals surface area contributed by atoms with Gasteiger partial charge in [0.1, 0.15) is 4.90 Å². The summed E-state index contributed by atoms with van der Waals surface area (Å²) >= 11 is 11.7. The maximum atomic E-state index is 12.4. The fraction of sp³-hybridized carbons (Fsp3) is 0.133. The van der Waals surface area contributed by atoms with Crippen LogP contribution in [-0.2, 0) is 16.4 Å². The second-order valence-electron chi connectivity index (χ2n) is 4.84. The maximum Gasteiger partial charge on any atom is 0.337 e. The lowest BCUT2D eigenvalue weighted by molar-refractivity contribution is 0.0697. The number of aliphatic hydroxyl groups excluding tert-OH is 1. The molecule has 128 valence electrons. The van der Waals surface area contributed by atoms with E-state index in [4.69, 9.17) is 33.4 Å². The summed E-state index contributed by atoms with van der Waals surface area (Å²) in [6.45, 7) is -0.0105. The van der Waals surface area contributed by atoms with Gasteiger partial charge < -0.3 is 10.2 Å². The van der Waals surface area contributed by atoms with E-state index >= 15 is 0 Å². The summed E-state index contributed by atoms with van der Waals surface area (Å²) in [5.41, 5.74) is 0.762. The zero-order valence-electron chi connectivity index (χ0n) is 12.2. The lowest BCUT2D eigenvalue weighted by Gasteiger charge is -2.11. The number of carbonyl (C=O) groups is 1. The number of carboxylic acid groups (broad SMARTS) is 1. The van der Waals surface area contributed by atoms with Gasteiger partial charge in [0.05, 0.1) is 15.6 Å². The van der Waals surface area contributed by atoms with Crippen LogP contribution in [0.3, 0.4) is 0 Å². The molecule has 0 saturated carbocycles. The number of rotatable bonds is 6. The molecule has 0 saturated heterocycles. The Morgan fingerprint density at radius 3 is 2.25 bits per heavy atom. The molecule has 6 nitrogen and oxygen atoms in total. The van der Waals surface area contributed by atoms with Crippen LogP contribution in [0, 0.1) is 0 Å². The van der Waals surface area contributed by atoms with E-state index < -0.39 is 16.0 Å². The predicted molar refractivity (Wildman–Crippen MR) is 91.5 cm³/mol. The minimum atomic E-state index is -4.10. The molecular weight excluding hydrogens is 377 g/mol. The standard InChI is InChI=1S/C15H13Cl2NO5S/c16-12-8-13(17)14(7-11(12)15(20)21)24(22,23)18-10-3-1-9(2-4-10)5-6-19/h1-4,7-8,18-19H,5-6H2,(H,20,21). The highest BCUT2D eigenvalue weighted by Gasteiger charge is 2.22. The van der Waals surface area contributed by atoms with Gasteiger partial charge >= 0.3 is 5.97 Å². The number of halogens is 2. The van der Waals surface area contributed by atoms with Crippen LogP contribution in [0.1, 0.15) is 15.9 Å². The largest absolute Gasteiger partial charge is 0.478 e. The summed E-state index contributed by atoms with van der Waals surface area (Å²) in [4.78, 5) is 10.7. The highest BCUT2D eigenvalue weighted by Crippen LogP contribution is 2.30. The van der Waals surface area contributed by atoms with E-state index in [1.54, 1.807) is 12.1 Å². The monoisotopic (exact) mass is 389 g/mol. The zero-order valence-corrected chi connectivity index (χ0v) is 14.5. The molecule has 0 amide bonds. The number of benzene rings is 2. The van der Waals surface area contributed by atoms with Crippen molar-refractivity contribution in [1.29, 1.82) is 0 Å². The molecule has 0 aliphatic rings. The first kappa shape index (κ1) is 18.5. The number of hydrogen-bond acceptors (Lipinski definition) is 4. The molecule has 0 bridgehead atoms. The first-order chi connectivity index (χ1) is 11.2. The summed E-state index contributed by atoms with van der Waals surface area (Å²) in [6.07, 6.45) is 0.456. The molecule has 0 aromatic heterocycles. The van der Waals surface area contributed by atoms with E-state index in [1.165, 1.54) is 12.1 Å². The molecular formula is C15H13Cl2NO5S. The van der Waals surface area contributed by atoms with Crippen molar-refractivity contribution in [1.82, 2.24) is 0 Å². The van der Waals surface area contributed by atoms with Gasteiger partial charge in [0.2, 0.25) is 0 Å². The highest BCUT2D eigenvalue weighted by molar-refractivity contribution is 7.92. The van der Waals surface area contributed by atoms with Crippen LogP contribution in [0.4, 0.5) is 5.69 Å². The Morgan fingerprint density at radius 1 is 1.08 bits per heavy atom. The second kappa shape index (κ2) is 7.40. The molecule has 0 fully saturated rings. The van der Waals surface area contributed by atoms with Crippen LogP contribution < -0.4 is 4.72 Å². The van der Waals surface area contributed by atoms with Crippen LogP contribution in [0.5, 0.6) is 0 Å². The molecule has 3 N–H and O–H groups in total. The van der Waals surface area contributed by atoms with Gasteiger partial charge in [-0.25, -0.2) is 13.2 Å². The Kier molecular flexibility index (Phi) is 5.71. The third-order valence-corrected chi connectivity index (χ3v) is 5.31. The fourth-order valence-corrected chi connectivity index (χ4v) is 3.89. The molecule has 0 unspecified atom stereocenters. The lowest BCUT2D eigenvalue weighted by atomic mass is 10.1. The molecule has 0 heterocycles. The van der Waals surface area contributed by atoms with Gasteiger partial charge in [0, 0.05) is 12.3 Å². The van der Waals surface area contributed by atoms with Gasteiger partial charge in [0.25, 0.3) is 10.0 Å². The number of carboxylic acids is 1. The van der Waals surface area contributed by atoms with E-state index in [1.807, 2.05) is 0 Å². The van der Waals surface area contributed by atoms with E-state index in [-0.39, 0.29) is 32.8 Å². The van der Waals surface area contributed by atoms with Crippen molar-refractivity contribution in [2.75, 3.05) is 11.3 Å². The highest BCUT2D eigenvalue weighted by atomic mass is 35.5. The van der Waals surface area contributed by atoms with E-state index in [9.17, 15) is 13.2 Å². The van der Waals surface area contributed by atoms with Crippen LogP contribution in [0.2, 0.25) is 10.0 Å². The fourth-order valence-electron chi connectivity index (χ4n) is 1.98. The molecule has 24 heavy (non-hydrogen) atoms. The van der Waals surface area contributed by atoms with Crippen molar-refractivity contribution in [2.45, 2.75) is 11.3 Å². The number of aromatic carboxylic acids is 1. The maximum absolute atomic E-state index is 12.4. The van der Waals surface area contributed by atoms with Crippen molar-refractivity contribution < 1.29 is 23.4 Å². The van der Waals surface area contributed by atoms with E-state index in [0.717, 1.165) is 17.7 Å². The van der Waals surface area contributed by atoms with Crippen molar-refractivity contribution in [3.8, 4) is 0 Å². The van der Waals surface area contributed by atoms with Gasteiger partial charge in [0.15, 0.2) is 0 Å². The summed E-state index contributed by atoms with van der Waals surface area (Å²) in [5, 5.41) is 17.6. The predicted octanol–water partition coefficient (Wildman–Crippen LogP) is 3.03. The average Bonchev–Trinajstić information content (AvgIpc) is 2.48. The number of hydrogen-bond donors (Lipinski definition) is 3. The Balaban J connectivity index is 2.36. The van der Waals surface area contributed by atoms with Gasteiger partial charge in [-0.3, -0.25) is 4.72 Å². The normalized spacial score (nSPS) is 11.3. The minimum Gasteiger partial charge on any atom is -0.478 e. The molecule has 0 aliphatic carbocycles. The zero-order chi connectivity index (χ0) is 17.9. The summed E-state index contributed by atoms with van der Waals surface area (Å²) in [6, 6.07) is 8.39. The van der Waals surface area contributed by atoms with Gasteiger partial charge in [-0.15, -0.1) is 0 Å². The van der Waals surface area contributed by atoms with E-state index in [2.05, 4.69) is 4.72 Å². The summed E-state index contributed by atoms with van der Waals surface area (Å²) in [5.74, 6) is -1.36. The van der Waals surface area contributed by atoms with Gasteiger partial charge in [-0.2, -0.15) is 0 Å². The Bertz CT molecular complexity index is 866. The topological polar surface area (TPSA) is 104 Å². The first-order valence-corrected chi connectivity index (χ1v) is 8.93. The smallest absolute Gasteiger partial charge is 0.337 e. The van der Waals surface area contributed by atoms with Crippen molar-refractivity contribution in [3.63, 3.8) is 0 Å². The van der Waals surface area contributed by atoms with Crippen molar-refractivity contribution in [3.05, 3.63) is 57.6 Å². The first-order valence-electron chi connectivity index (χ1n) is 6.69. The average molecular weight is 390 g/mol. The molecule has 2 aromatic carbocycles. The summed E-state index contributed by atoms with van der Waals surface area (Å²) < 4.78 is 27.2. The molecule has 0 radical (unpaired) electrons. The minimum absolute atomic E-state index is 0.0105.